The van der Waals surface area contributed by atoms with Crippen LogP contribution in [0.15, 0.2) is 29.2 Å². The van der Waals surface area contributed by atoms with Crippen molar-refractivity contribution >= 4 is 21.7 Å². The third kappa shape index (κ3) is 2.80. The SMILES string of the molecule is CN(c1ccc(S(N)(=O)=O)cc1)C(C)(C)C(=O)O. The molecule has 0 unspecified atom stereocenters. The molecule has 6 nitrogen and oxygen atoms in total. The molecule has 0 spiro atoms. The minimum atomic E-state index is -3.73. The number of nitrogens with two attached hydrogens (primary N) is 1. The summed E-state index contributed by atoms with van der Waals surface area (Å²) in [5.74, 6) is -0.972. The van der Waals surface area contributed by atoms with E-state index in [4.69, 9.17) is 10.2 Å². The molecule has 0 amide bonds. The van der Waals surface area contributed by atoms with Crippen molar-refractivity contribution in [3.8, 4) is 0 Å². The number of carbonyl (C=O) groups is 1. The Morgan fingerprint density at radius 2 is 1.72 bits per heavy atom. The molecule has 0 fully saturated rings. The zero-order valence-corrected chi connectivity index (χ0v) is 11.2. The van der Waals surface area contributed by atoms with Gasteiger partial charge in [0, 0.05) is 12.7 Å². The number of primary sulfonamides is 1. The fraction of sp³-hybridized carbons (Fsp3) is 0.364. The van der Waals surface area contributed by atoms with Crippen LogP contribution in [-0.4, -0.2) is 32.1 Å². The molecule has 1 aromatic carbocycles. The average molecular weight is 272 g/mol. The van der Waals surface area contributed by atoms with Crippen LogP contribution in [0.2, 0.25) is 0 Å². The van der Waals surface area contributed by atoms with Crippen molar-refractivity contribution < 1.29 is 18.3 Å². The van der Waals surface area contributed by atoms with Gasteiger partial charge in [0.25, 0.3) is 0 Å². The maximum absolute atomic E-state index is 11.1. The molecule has 0 aromatic heterocycles. The number of carboxylic acid groups (broad SMARTS) is 1. The first-order chi connectivity index (χ1) is 8.06. The van der Waals surface area contributed by atoms with Crippen LogP contribution in [0.1, 0.15) is 13.8 Å². The normalized spacial score (nSPS) is 12.2. The summed E-state index contributed by atoms with van der Waals surface area (Å²) in [7, 11) is -2.11. The van der Waals surface area contributed by atoms with Crippen molar-refractivity contribution in [3.05, 3.63) is 24.3 Å². The number of carboxylic acids is 1. The number of hydrogen-bond acceptors (Lipinski definition) is 4. The van der Waals surface area contributed by atoms with Gasteiger partial charge >= 0.3 is 5.97 Å². The van der Waals surface area contributed by atoms with Gasteiger partial charge in [-0.05, 0) is 38.1 Å². The number of aliphatic carboxylic acids is 1. The van der Waals surface area contributed by atoms with Crippen LogP contribution in [0.25, 0.3) is 0 Å². The highest BCUT2D eigenvalue weighted by Gasteiger charge is 2.32. The van der Waals surface area contributed by atoms with Gasteiger partial charge in [-0.15, -0.1) is 0 Å². The number of likely N-dealkylation sites (N-methyl/N-ethyl adjacent to an activating group) is 1. The lowest BCUT2D eigenvalue weighted by Crippen LogP contribution is -2.48. The minimum Gasteiger partial charge on any atom is -0.480 e. The van der Waals surface area contributed by atoms with E-state index in [9.17, 15) is 13.2 Å². The van der Waals surface area contributed by atoms with Crippen molar-refractivity contribution in [1.82, 2.24) is 0 Å². The Labute approximate surface area is 106 Å². The van der Waals surface area contributed by atoms with E-state index in [1.54, 1.807) is 25.8 Å². The van der Waals surface area contributed by atoms with Gasteiger partial charge in [0.2, 0.25) is 10.0 Å². The zero-order valence-electron chi connectivity index (χ0n) is 10.4. The summed E-state index contributed by atoms with van der Waals surface area (Å²) in [6, 6.07) is 5.73. The van der Waals surface area contributed by atoms with Crippen molar-refractivity contribution in [2.24, 2.45) is 5.14 Å². The van der Waals surface area contributed by atoms with Crippen LogP contribution in [0.5, 0.6) is 0 Å². The van der Waals surface area contributed by atoms with E-state index in [1.165, 1.54) is 24.3 Å². The van der Waals surface area contributed by atoms with E-state index < -0.39 is 21.5 Å². The average Bonchev–Trinajstić information content (AvgIpc) is 2.26. The Bertz CT molecular complexity index is 549. The summed E-state index contributed by atoms with van der Waals surface area (Å²) >= 11 is 0. The minimum absolute atomic E-state index is 0.00668. The molecule has 0 aliphatic heterocycles. The summed E-state index contributed by atoms with van der Waals surface area (Å²) < 4.78 is 22.2. The van der Waals surface area contributed by atoms with Crippen LogP contribution >= 0.6 is 0 Å². The number of benzene rings is 1. The maximum atomic E-state index is 11.1. The number of hydrogen-bond donors (Lipinski definition) is 2. The highest BCUT2D eigenvalue weighted by Crippen LogP contribution is 2.23. The molecule has 1 rings (SSSR count). The quantitative estimate of drug-likeness (QED) is 0.837. The van der Waals surface area contributed by atoms with Crippen molar-refractivity contribution in [1.29, 1.82) is 0 Å². The van der Waals surface area contributed by atoms with Crippen LogP contribution in [0.3, 0.4) is 0 Å². The van der Waals surface area contributed by atoms with Crippen LogP contribution in [0.4, 0.5) is 5.69 Å². The Morgan fingerprint density at radius 3 is 2.06 bits per heavy atom. The summed E-state index contributed by atoms with van der Waals surface area (Å²) in [6.45, 7) is 3.12. The van der Waals surface area contributed by atoms with Gasteiger partial charge in [-0.3, -0.25) is 0 Å². The molecular formula is C11H16N2O4S. The number of nitrogens with zero attached hydrogens (tertiary/aromatic N) is 1. The number of anilines is 1. The molecule has 0 heterocycles. The molecule has 7 heteroatoms. The monoisotopic (exact) mass is 272 g/mol. The Morgan fingerprint density at radius 1 is 1.28 bits per heavy atom. The second-order valence-electron chi connectivity index (χ2n) is 4.46. The number of sulfonamides is 1. The Hall–Kier alpha value is -1.60. The molecule has 3 N–H and O–H groups in total. The standard InChI is InChI=1S/C11H16N2O4S/c1-11(2,10(14)15)13(3)8-4-6-9(7-5-8)18(12,16)17/h4-7H,1-3H3,(H,14,15)(H2,12,16,17). The molecule has 0 atom stereocenters. The highest BCUT2D eigenvalue weighted by atomic mass is 32.2. The van der Waals surface area contributed by atoms with Gasteiger partial charge in [-0.2, -0.15) is 0 Å². The summed E-state index contributed by atoms with van der Waals surface area (Å²) in [5, 5.41) is 14.1. The van der Waals surface area contributed by atoms with Gasteiger partial charge in [0.1, 0.15) is 5.54 Å². The largest absolute Gasteiger partial charge is 0.480 e. The molecule has 0 aliphatic carbocycles. The lowest BCUT2D eigenvalue weighted by molar-refractivity contribution is -0.142. The van der Waals surface area contributed by atoms with Crippen molar-refractivity contribution in [2.75, 3.05) is 11.9 Å². The second kappa shape index (κ2) is 4.58. The molecule has 18 heavy (non-hydrogen) atoms. The fourth-order valence-electron chi connectivity index (χ4n) is 1.33. The van der Waals surface area contributed by atoms with Gasteiger partial charge in [0.15, 0.2) is 0 Å². The molecule has 0 saturated carbocycles. The third-order valence-corrected chi connectivity index (χ3v) is 3.84. The fourth-order valence-corrected chi connectivity index (χ4v) is 1.84. The van der Waals surface area contributed by atoms with Gasteiger partial charge in [0.05, 0.1) is 4.90 Å². The molecule has 0 bridgehead atoms. The second-order valence-corrected chi connectivity index (χ2v) is 6.02. The summed E-state index contributed by atoms with van der Waals surface area (Å²) in [6.07, 6.45) is 0. The predicted molar refractivity (Wildman–Crippen MR) is 67.9 cm³/mol. The molecule has 0 saturated heterocycles. The van der Waals surface area contributed by atoms with Gasteiger partial charge in [-0.25, -0.2) is 18.4 Å². The van der Waals surface area contributed by atoms with Crippen molar-refractivity contribution in [2.45, 2.75) is 24.3 Å². The molecule has 0 aliphatic rings. The smallest absolute Gasteiger partial charge is 0.328 e. The lowest BCUT2D eigenvalue weighted by atomic mass is 10.0. The highest BCUT2D eigenvalue weighted by molar-refractivity contribution is 7.89. The molecule has 0 radical (unpaired) electrons. The van der Waals surface area contributed by atoms with E-state index in [2.05, 4.69) is 0 Å². The van der Waals surface area contributed by atoms with Crippen LogP contribution in [-0.2, 0) is 14.8 Å². The van der Waals surface area contributed by atoms with E-state index in [1.807, 2.05) is 0 Å². The Balaban J connectivity index is 3.10. The van der Waals surface area contributed by atoms with E-state index in [-0.39, 0.29) is 4.90 Å². The summed E-state index contributed by atoms with van der Waals surface area (Å²) in [4.78, 5) is 12.6. The van der Waals surface area contributed by atoms with E-state index in [0.29, 0.717) is 5.69 Å². The summed E-state index contributed by atoms with van der Waals surface area (Å²) in [5.41, 5.74) is -0.502. The Kier molecular flexibility index (Phi) is 3.68. The van der Waals surface area contributed by atoms with E-state index in [0.717, 1.165) is 0 Å². The topological polar surface area (TPSA) is 101 Å². The number of rotatable bonds is 4. The van der Waals surface area contributed by atoms with Crippen LogP contribution in [0, 0.1) is 0 Å². The zero-order chi connectivity index (χ0) is 14.1. The predicted octanol–water partition coefficient (Wildman–Crippen LogP) is 0.633. The van der Waals surface area contributed by atoms with Crippen LogP contribution < -0.4 is 10.0 Å². The first-order valence-electron chi connectivity index (χ1n) is 5.17. The molecule has 100 valence electrons. The van der Waals surface area contributed by atoms with Gasteiger partial charge in [-0.1, -0.05) is 0 Å². The first kappa shape index (κ1) is 14.5. The molecular weight excluding hydrogens is 256 g/mol. The third-order valence-electron chi connectivity index (χ3n) is 2.91. The van der Waals surface area contributed by atoms with Gasteiger partial charge < -0.3 is 10.0 Å². The van der Waals surface area contributed by atoms with E-state index >= 15 is 0 Å². The molecule has 1 aromatic rings. The maximum Gasteiger partial charge on any atom is 0.328 e. The first-order valence-corrected chi connectivity index (χ1v) is 6.71. The lowest BCUT2D eigenvalue weighted by Gasteiger charge is -2.33. The van der Waals surface area contributed by atoms with Crippen molar-refractivity contribution in [3.63, 3.8) is 0 Å².